The van der Waals surface area contributed by atoms with Crippen LogP contribution in [0.5, 0.6) is 0 Å². The highest BCUT2D eigenvalue weighted by atomic mass is 35.5. The molecule has 0 bridgehead atoms. The molecule has 0 spiro atoms. The van der Waals surface area contributed by atoms with Crippen LogP contribution >= 0.6 is 11.6 Å². The molecule has 3 rings (SSSR count). The number of nitrogens with one attached hydrogen (secondary N) is 1. The molecular formula is C16H16ClNO3S. The molecule has 1 atom stereocenters. The van der Waals surface area contributed by atoms with Crippen LogP contribution in [0.25, 0.3) is 0 Å². The normalized spacial score (nSPS) is 19.0. The predicted octanol–water partition coefficient (Wildman–Crippen LogP) is 2.83. The Kier molecular flexibility index (Phi) is 4.49. The van der Waals surface area contributed by atoms with Crippen molar-refractivity contribution in [3.8, 4) is 0 Å². The Morgan fingerprint density at radius 3 is 2.45 bits per heavy atom. The van der Waals surface area contributed by atoms with Crippen molar-refractivity contribution in [2.75, 3.05) is 19.7 Å². The Morgan fingerprint density at radius 1 is 1.09 bits per heavy atom. The van der Waals surface area contributed by atoms with E-state index in [0.717, 1.165) is 18.7 Å². The minimum absolute atomic E-state index is 0.0363. The van der Waals surface area contributed by atoms with Gasteiger partial charge in [0.15, 0.2) is 0 Å². The number of morpholine rings is 1. The van der Waals surface area contributed by atoms with Crippen LogP contribution < -0.4 is 5.32 Å². The van der Waals surface area contributed by atoms with E-state index in [9.17, 15) is 8.42 Å². The first-order valence-corrected chi connectivity index (χ1v) is 8.87. The van der Waals surface area contributed by atoms with Crippen molar-refractivity contribution < 1.29 is 13.2 Å². The van der Waals surface area contributed by atoms with Crippen molar-refractivity contribution in [1.82, 2.24) is 5.32 Å². The third-order valence-electron chi connectivity index (χ3n) is 3.62. The molecule has 0 radical (unpaired) electrons. The van der Waals surface area contributed by atoms with Gasteiger partial charge in [-0.2, -0.15) is 0 Å². The minimum atomic E-state index is -3.61. The molecule has 1 fully saturated rings. The van der Waals surface area contributed by atoms with Gasteiger partial charge in [-0.3, -0.25) is 0 Å². The van der Waals surface area contributed by atoms with E-state index in [4.69, 9.17) is 16.3 Å². The van der Waals surface area contributed by atoms with Crippen LogP contribution in [0.3, 0.4) is 0 Å². The van der Waals surface area contributed by atoms with Crippen molar-refractivity contribution in [3.63, 3.8) is 0 Å². The monoisotopic (exact) mass is 337 g/mol. The molecule has 1 aliphatic rings. The third kappa shape index (κ3) is 3.03. The summed E-state index contributed by atoms with van der Waals surface area (Å²) in [4.78, 5) is 0.355. The molecule has 2 aromatic rings. The predicted molar refractivity (Wildman–Crippen MR) is 84.9 cm³/mol. The molecule has 1 aliphatic heterocycles. The lowest BCUT2D eigenvalue weighted by Gasteiger charge is -2.24. The van der Waals surface area contributed by atoms with Crippen molar-refractivity contribution in [1.29, 1.82) is 0 Å². The largest absolute Gasteiger partial charge is 0.371 e. The summed E-state index contributed by atoms with van der Waals surface area (Å²) < 4.78 is 30.9. The molecule has 116 valence electrons. The summed E-state index contributed by atoms with van der Waals surface area (Å²) in [5.74, 6) is 0. The molecular weight excluding hydrogens is 322 g/mol. The van der Waals surface area contributed by atoms with E-state index >= 15 is 0 Å². The third-order valence-corrected chi connectivity index (χ3v) is 5.89. The van der Waals surface area contributed by atoms with Gasteiger partial charge in [0.25, 0.3) is 0 Å². The number of rotatable bonds is 3. The average Bonchev–Trinajstić information content (AvgIpc) is 2.56. The molecule has 1 unspecified atom stereocenters. The van der Waals surface area contributed by atoms with Gasteiger partial charge in [0.1, 0.15) is 0 Å². The van der Waals surface area contributed by atoms with Gasteiger partial charge >= 0.3 is 0 Å². The zero-order chi connectivity index (χ0) is 15.6. The summed E-state index contributed by atoms with van der Waals surface area (Å²) in [5, 5.41) is 3.48. The number of ether oxygens (including phenoxy) is 1. The van der Waals surface area contributed by atoms with Gasteiger partial charge in [-0.1, -0.05) is 35.9 Å². The highest BCUT2D eigenvalue weighted by molar-refractivity contribution is 7.91. The topological polar surface area (TPSA) is 55.4 Å². The fraction of sp³-hybridized carbons (Fsp3) is 0.250. The van der Waals surface area contributed by atoms with Gasteiger partial charge in [0, 0.05) is 13.1 Å². The molecule has 0 saturated carbocycles. The lowest BCUT2D eigenvalue weighted by Crippen LogP contribution is -2.33. The Balaban J connectivity index is 1.90. The summed E-state index contributed by atoms with van der Waals surface area (Å²) in [5.41, 5.74) is 0.963. The quantitative estimate of drug-likeness (QED) is 0.935. The van der Waals surface area contributed by atoms with Gasteiger partial charge in [0.2, 0.25) is 9.84 Å². The van der Waals surface area contributed by atoms with Gasteiger partial charge < -0.3 is 10.1 Å². The molecule has 0 aromatic heterocycles. The summed E-state index contributed by atoms with van der Waals surface area (Å²) in [6.07, 6.45) is -0.0363. The number of hydrogen-bond donors (Lipinski definition) is 1. The molecule has 6 heteroatoms. The fourth-order valence-electron chi connectivity index (χ4n) is 2.43. The smallest absolute Gasteiger partial charge is 0.208 e. The van der Waals surface area contributed by atoms with Gasteiger partial charge in [-0.15, -0.1) is 0 Å². The zero-order valence-electron chi connectivity index (χ0n) is 11.8. The van der Waals surface area contributed by atoms with Crippen molar-refractivity contribution in [2.24, 2.45) is 0 Å². The number of sulfone groups is 1. The first-order valence-electron chi connectivity index (χ1n) is 7.01. The second-order valence-electron chi connectivity index (χ2n) is 5.07. The van der Waals surface area contributed by atoms with Crippen LogP contribution in [0.4, 0.5) is 0 Å². The van der Waals surface area contributed by atoms with E-state index in [1.54, 1.807) is 42.5 Å². The second-order valence-corrected chi connectivity index (χ2v) is 7.39. The lowest BCUT2D eigenvalue weighted by molar-refractivity contribution is 0.0277. The maximum Gasteiger partial charge on any atom is 0.208 e. The zero-order valence-corrected chi connectivity index (χ0v) is 13.4. The maximum atomic E-state index is 12.6. The van der Waals surface area contributed by atoms with Crippen molar-refractivity contribution in [2.45, 2.75) is 15.9 Å². The van der Waals surface area contributed by atoms with Crippen LogP contribution in [0.15, 0.2) is 58.3 Å². The van der Waals surface area contributed by atoms with Crippen LogP contribution in [0.1, 0.15) is 11.7 Å². The standard InChI is InChI=1S/C16H16ClNO3S/c17-14-3-1-2-4-16(14)22(19,20)13-7-5-12(6-8-13)15-11-18-9-10-21-15/h1-8,15,18H,9-11H2. The maximum absolute atomic E-state index is 12.6. The molecule has 1 heterocycles. The van der Waals surface area contributed by atoms with E-state index in [2.05, 4.69) is 5.32 Å². The number of halogens is 1. The van der Waals surface area contributed by atoms with Crippen molar-refractivity contribution in [3.05, 3.63) is 59.1 Å². The van der Waals surface area contributed by atoms with Crippen LogP contribution in [0, 0.1) is 0 Å². The van der Waals surface area contributed by atoms with E-state index < -0.39 is 9.84 Å². The molecule has 1 saturated heterocycles. The van der Waals surface area contributed by atoms with Gasteiger partial charge in [-0.25, -0.2) is 8.42 Å². The first kappa shape index (κ1) is 15.5. The van der Waals surface area contributed by atoms with Crippen LogP contribution in [0.2, 0.25) is 5.02 Å². The second kappa shape index (κ2) is 6.38. The summed E-state index contributed by atoms with van der Waals surface area (Å²) in [6, 6.07) is 13.2. The highest BCUT2D eigenvalue weighted by Gasteiger charge is 2.21. The van der Waals surface area contributed by atoms with Crippen molar-refractivity contribution >= 4 is 21.4 Å². The Hall–Kier alpha value is -1.40. The van der Waals surface area contributed by atoms with E-state index in [1.165, 1.54) is 6.07 Å². The average molecular weight is 338 g/mol. The van der Waals surface area contributed by atoms with Gasteiger partial charge in [-0.05, 0) is 29.8 Å². The Labute approximate surface area is 135 Å². The van der Waals surface area contributed by atoms with E-state index in [0.29, 0.717) is 6.61 Å². The van der Waals surface area contributed by atoms with Crippen LogP contribution in [-0.2, 0) is 14.6 Å². The van der Waals surface area contributed by atoms with E-state index in [1.807, 2.05) is 0 Å². The fourth-order valence-corrected chi connectivity index (χ4v) is 4.20. The van der Waals surface area contributed by atoms with E-state index in [-0.39, 0.29) is 20.9 Å². The Morgan fingerprint density at radius 2 is 1.82 bits per heavy atom. The lowest BCUT2D eigenvalue weighted by atomic mass is 10.1. The summed E-state index contributed by atoms with van der Waals surface area (Å²) in [6.45, 7) is 2.23. The van der Waals surface area contributed by atoms with Crippen LogP contribution in [-0.4, -0.2) is 28.1 Å². The van der Waals surface area contributed by atoms with Gasteiger partial charge in [0.05, 0.1) is 27.5 Å². The Bertz CT molecular complexity index is 753. The first-order chi connectivity index (χ1) is 10.6. The molecule has 0 amide bonds. The minimum Gasteiger partial charge on any atom is -0.371 e. The molecule has 22 heavy (non-hydrogen) atoms. The SMILES string of the molecule is O=S(=O)(c1ccc(C2CNCCO2)cc1)c1ccccc1Cl. The summed E-state index contributed by atoms with van der Waals surface area (Å²) >= 11 is 6.00. The molecule has 1 N–H and O–H groups in total. The molecule has 2 aromatic carbocycles. The molecule has 4 nitrogen and oxygen atoms in total. The molecule has 0 aliphatic carbocycles. The number of hydrogen-bond acceptors (Lipinski definition) is 4. The number of benzene rings is 2. The highest BCUT2D eigenvalue weighted by Crippen LogP contribution is 2.28. The summed E-state index contributed by atoms with van der Waals surface area (Å²) in [7, 11) is -3.61.